The van der Waals surface area contributed by atoms with Crippen molar-refractivity contribution in [1.82, 2.24) is 19.6 Å². The molecule has 2 aliphatic heterocycles. The van der Waals surface area contributed by atoms with Crippen molar-refractivity contribution in [3.63, 3.8) is 0 Å². The second-order valence-corrected chi connectivity index (χ2v) is 8.64. The zero-order valence-corrected chi connectivity index (χ0v) is 17.8. The Kier molecular flexibility index (Phi) is 5.42. The van der Waals surface area contributed by atoms with E-state index in [1.165, 1.54) is 7.11 Å². The number of carbonyl (C=O) groups is 2. The number of methoxy groups -OCH3 is 1. The Labute approximate surface area is 175 Å². The van der Waals surface area contributed by atoms with Gasteiger partial charge in [-0.2, -0.15) is 5.10 Å². The lowest BCUT2D eigenvalue weighted by molar-refractivity contribution is -0.195. The Balaban J connectivity index is 1.43. The quantitative estimate of drug-likeness (QED) is 0.710. The topological polar surface area (TPSA) is 86.1 Å². The smallest absolute Gasteiger partial charge is 0.410 e. The number of hydrogen-bond acceptors (Lipinski definition) is 7. The zero-order valence-electron chi connectivity index (χ0n) is 17.8. The summed E-state index contributed by atoms with van der Waals surface area (Å²) in [5.74, 6) is -0.398. The summed E-state index contributed by atoms with van der Waals surface area (Å²) in [6.07, 6.45) is 1.56. The van der Waals surface area contributed by atoms with Crippen molar-refractivity contribution in [2.45, 2.75) is 38.6 Å². The molecule has 2 saturated heterocycles. The van der Waals surface area contributed by atoms with Crippen LogP contribution in [-0.4, -0.2) is 83.4 Å². The van der Waals surface area contributed by atoms with Crippen molar-refractivity contribution in [3.05, 3.63) is 30.0 Å². The molecule has 1 aromatic heterocycles. The third kappa shape index (κ3) is 3.99. The molecule has 162 valence electrons. The minimum atomic E-state index is -0.498. The minimum absolute atomic E-state index is 0.0518. The molecule has 3 heterocycles. The summed E-state index contributed by atoms with van der Waals surface area (Å²) in [5, 5.41) is 5.54. The van der Waals surface area contributed by atoms with Gasteiger partial charge in [0.15, 0.2) is 0 Å². The molecular weight excluding hydrogens is 388 g/mol. The Morgan fingerprint density at radius 2 is 1.90 bits per heavy atom. The number of piperazine rings is 1. The molecule has 2 aromatic rings. The average Bonchev–Trinajstić information content (AvgIpc) is 3.08. The van der Waals surface area contributed by atoms with Gasteiger partial charge in [0.05, 0.1) is 19.3 Å². The SMILES string of the molecule is COC(=O)c1cccc2cn(C3COC3N3CCN(C(=O)OC(C)(C)C)CC3)nc12. The molecule has 2 aliphatic rings. The summed E-state index contributed by atoms with van der Waals surface area (Å²) in [5.41, 5.74) is 0.586. The Morgan fingerprint density at radius 1 is 1.17 bits per heavy atom. The highest BCUT2D eigenvalue weighted by Crippen LogP contribution is 2.31. The molecule has 0 radical (unpaired) electrons. The lowest BCUT2D eigenvalue weighted by Gasteiger charge is -2.46. The van der Waals surface area contributed by atoms with Gasteiger partial charge in [0.1, 0.15) is 23.4 Å². The van der Waals surface area contributed by atoms with E-state index in [1.807, 2.05) is 43.8 Å². The lowest BCUT2D eigenvalue weighted by Crippen LogP contribution is -2.59. The lowest BCUT2D eigenvalue weighted by atomic mass is 10.1. The molecule has 4 rings (SSSR count). The molecule has 9 nitrogen and oxygen atoms in total. The van der Waals surface area contributed by atoms with Gasteiger partial charge < -0.3 is 19.1 Å². The van der Waals surface area contributed by atoms with E-state index in [2.05, 4.69) is 10.00 Å². The van der Waals surface area contributed by atoms with Gasteiger partial charge in [-0.1, -0.05) is 12.1 Å². The van der Waals surface area contributed by atoms with E-state index in [4.69, 9.17) is 14.2 Å². The van der Waals surface area contributed by atoms with Crippen molar-refractivity contribution in [3.8, 4) is 0 Å². The maximum atomic E-state index is 12.3. The summed E-state index contributed by atoms with van der Waals surface area (Å²) >= 11 is 0. The second kappa shape index (κ2) is 7.88. The third-order valence-electron chi connectivity index (χ3n) is 5.39. The molecule has 0 spiro atoms. The number of amides is 1. The van der Waals surface area contributed by atoms with Crippen molar-refractivity contribution >= 4 is 23.0 Å². The number of fused-ring (bicyclic) bond motifs is 1. The van der Waals surface area contributed by atoms with E-state index in [1.54, 1.807) is 11.0 Å². The van der Waals surface area contributed by atoms with Gasteiger partial charge in [0, 0.05) is 37.8 Å². The van der Waals surface area contributed by atoms with Crippen LogP contribution in [-0.2, 0) is 14.2 Å². The highest BCUT2D eigenvalue weighted by molar-refractivity contribution is 6.02. The molecule has 2 unspecified atom stereocenters. The Hall–Kier alpha value is -2.65. The van der Waals surface area contributed by atoms with Crippen LogP contribution in [0.25, 0.3) is 10.9 Å². The van der Waals surface area contributed by atoms with E-state index < -0.39 is 11.6 Å². The van der Waals surface area contributed by atoms with Crippen LogP contribution in [0.4, 0.5) is 4.79 Å². The number of esters is 1. The van der Waals surface area contributed by atoms with E-state index >= 15 is 0 Å². The molecule has 1 aromatic carbocycles. The number of carbonyl (C=O) groups excluding carboxylic acids is 2. The van der Waals surface area contributed by atoms with Gasteiger partial charge in [0.2, 0.25) is 0 Å². The van der Waals surface area contributed by atoms with Gasteiger partial charge in [-0.05, 0) is 26.8 Å². The molecule has 2 fully saturated rings. The fourth-order valence-corrected chi connectivity index (χ4v) is 3.82. The maximum absolute atomic E-state index is 12.3. The zero-order chi connectivity index (χ0) is 21.5. The first kappa shape index (κ1) is 20.6. The van der Waals surface area contributed by atoms with Crippen LogP contribution in [0.3, 0.4) is 0 Å². The van der Waals surface area contributed by atoms with Gasteiger partial charge in [-0.25, -0.2) is 9.59 Å². The standard InChI is InChI=1S/C21H28N4O5/c1-21(2,3)30-20(27)24-10-8-23(9-11-24)18-16(13-29-18)25-12-14-6-5-7-15(17(14)22-25)19(26)28-4/h5-7,12,16,18H,8-11,13H2,1-4H3. The first-order valence-corrected chi connectivity index (χ1v) is 10.2. The van der Waals surface area contributed by atoms with Gasteiger partial charge >= 0.3 is 12.1 Å². The number of rotatable bonds is 3. The highest BCUT2D eigenvalue weighted by atomic mass is 16.6. The monoisotopic (exact) mass is 416 g/mol. The van der Waals surface area contributed by atoms with E-state index in [9.17, 15) is 9.59 Å². The van der Waals surface area contributed by atoms with Gasteiger partial charge in [-0.15, -0.1) is 0 Å². The van der Waals surface area contributed by atoms with Crippen LogP contribution in [0, 0.1) is 0 Å². The molecule has 0 saturated carbocycles. The number of ether oxygens (including phenoxy) is 3. The van der Waals surface area contributed by atoms with Gasteiger partial charge in [-0.3, -0.25) is 9.58 Å². The molecule has 30 heavy (non-hydrogen) atoms. The van der Waals surface area contributed by atoms with Crippen LogP contribution in [0.2, 0.25) is 0 Å². The molecule has 1 amide bonds. The van der Waals surface area contributed by atoms with Gasteiger partial charge in [0.25, 0.3) is 0 Å². The minimum Gasteiger partial charge on any atom is -0.465 e. The molecule has 9 heteroatoms. The van der Waals surface area contributed by atoms with Crippen molar-refractivity contribution < 1.29 is 23.8 Å². The van der Waals surface area contributed by atoms with Crippen LogP contribution in [0.1, 0.15) is 37.2 Å². The normalized spacial score (nSPS) is 22.6. The third-order valence-corrected chi connectivity index (χ3v) is 5.39. The molecule has 2 atom stereocenters. The van der Waals surface area contributed by atoms with E-state index in [0.717, 1.165) is 5.39 Å². The van der Waals surface area contributed by atoms with Crippen molar-refractivity contribution in [2.24, 2.45) is 0 Å². The Bertz CT molecular complexity index is 943. The first-order valence-electron chi connectivity index (χ1n) is 10.2. The largest absolute Gasteiger partial charge is 0.465 e. The average molecular weight is 416 g/mol. The first-order chi connectivity index (χ1) is 14.3. The predicted molar refractivity (Wildman–Crippen MR) is 109 cm³/mol. The molecule has 0 bridgehead atoms. The Morgan fingerprint density at radius 3 is 2.50 bits per heavy atom. The molecule has 0 aliphatic carbocycles. The van der Waals surface area contributed by atoms with Crippen LogP contribution in [0.5, 0.6) is 0 Å². The van der Waals surface area contributed by atoms with Crippen molar-refractivity contribution in [2.75, 3.05) is 39.9 Å². The predicted octanol–water partition coefficient (Wildman–Crippen LogP) is 2.27. The van der Waals surface area contributed by atoms with E-state index in [-0.39, 0.29) is 18.4 Å². The summed E-state index contributed by atoms with van der Waals surface area (Å²) in [6, 6.07) is 5.52. The molecular formula is C21H28N4O5. The van der Waals surface area contributed by atoms with E-state index in [0.29, 0.717) is 43.9 Å². The summed E-state index contributed by atoms with van der Waals surface area (Å²) < 4.78 is 18.1. The second-order valence-electron chi connectivity index (χ2n) is 8.64. The highest BCUT2D eigenvalue weighted by Gasteiger charge is 2.41. The number of nitrogens with zero attached hydrogens (tertiary/aromatic N) is 4. The fraction of sp³-hybridized carbons (Fsp3) is 0.571. The number of hydrogen-bond donors (Lipinski definition) is 0. The summed E-state index contributed by atoms with van der Waals surface area (Å²) in [7, 11) is 1.37. The van der Waals surface area contributed by atoms with Crippen LogP contribution < -0.4 is 0 Å². The number of benzene rings is 1. The molecule has 0 N–H and O–H groups in total. The fourth-order valence-electron chi connectivity index (χ4n) is 3.82. The maximum Gasteiger partial charge on any atom is 0.410 e. The van der Waals surface area contributed by atoms with Crippen LogP contribution in [0.15, 0.2) is 24.4 Å². The summed E-state index contributed by atoms with van der Waals surface area (Å²) in [6.45, 7) is 8.75. The summed E-state index contributed by atoms with van der Waals surface area (Å²) in [4.78, 5) is 28.3. The number of aromatic nitrogens is 2. The van der Waals surface area contributed by atoms with Crippen LogP contribution >= 0.6 is 0 Å². The van der Waals surface area contributed by atoms with Crippen molar-refractivity contribution in [1.29, 1.82) is 0 Å².